The molecule has 7 heteroatoms. The Morgan fingerprint density at radius 3 is 2.48 bits per heavy atom. The normalized spacial score (nSPS) is 13.9. The van der Waals surface area contributed by atoms with E-state index in [0.717, 1.165) is 4.90 Å². The molecule has 0 spiro atoms. The zero-order chi connectivity index (χ0) is 16.4. The highest BCUT2D eigenvalue weighted by Gasteiger charge is 2.32. The second-order valence-corrected chi connectivity index (χ2v) is 5.77. The second kappa shape index (κ2) is 6.13. The largest absolute Gasteiger partial charge is 0.497 e. The van der Waals surface area contributed by atoms with E-state index < -0.39 is 16.5 Å². The molecule has 0 atom stereocenters. The van der Waals surface area contributed by atoms with Crippen LogP contribution >= 0.6 is 11.8 Å². The van der Waals surface area contributed by atoms with Crippen LogP contribution in [0.5, 0.6) is 5.75 Å². The van der Waals surface area contributed by atoms with Crippen LogP contribution in [0.3, 0.4) is 0 Å². The molecule has 23 heavy (non-hydrogen) atoms. The van der Waals surface area contributed by atoms with Crippen molar-refractivity contribution in [1.82, 2.24) is 0 Å². The van der Waals surface area contributed by atoms with Gasteiger partial charge in [0.1, 0.15) is 10.7 Å². The predicted molar refractivity (Wildman–Crippen MR) is 87.8 cm³/mol. The van der Waals surface area contributed by atoms with E-state index >= 15 is 0 Å². The fraction of sp³-hybridized carbons (Fsp3) is 0.0625. The van der Waals surface area contributed by atoms with Gasteiger partial charge in [0.05, 0.1) is 17.7 Å². The maximum Gasteiger partial charge on any atom is 0.348 e. The van der Waals surface area contributed by atoms with Crippen LogP contribution in [0, 0.1) is 10.1 Å². The van der Waals surface area contributed by atoms with Crippen molar-refractivity contribution in [2.24, 2.45) is 0 Å². The molecular weight excluding hydrogens is 316 g/mol. The van der Waals surface area contributed by atoms with Crippen molar-refractivity contribution >= 4 is 28.3 Å². The number of thioether (sulfide) groups is 1. The van der Waals surface area contributed by atoms with Crippen molar-refractivity contribution in [2.75, 3.05) is 12.4 Å². The van der Waals surface area contributed by atoms with Crippen molar-refractivity contribution in [3.63, 3.8) is 0 Å². The summed E-state index contributed by atoms with van der Waals surface area (Å²) in [7, 11) is 1.54. The van der Waals surface area contributed by atoms with E-state index in [1.54, 1.807) is 43.5 Å². The number of ether oxygens (including phenoxy) is 1. The Morgan fingerprint density at radius 2 is 1.83 bits per heavy atom. The molecule has 6 nitrogen and oxygen atoms in total. The van der Waals surface area contributed by atoms with Gasteiger partial charge in [0.2, 0.25) is 0 Å². The Hall–Kier alpha value is -2.80. The van der Waals surface area contributed by atoms with Gasteiger partial charge in [-0.1, -0.05) is 23.9 Å². The number of fused-ring (bicyclic) bond motifs is 1. The topological polar surface area (TPSA) is 81.5 Å². The maximum atomic E-state index is 12.3. The standard InChI is InChI=1S/C16H12N2O4S/c1-22-11-8-6-10(7-9-11)15-14(18(20)21)16(19)17-12-4-2-3-5-13(12)23-15/h2-9H,1H3,(H,17,19). The molecule has 1 amide bonds. The lowest BCUT2D eigenvalue weighted by atomic mass is 10.1. The highest BCUT2D eigenvalue weighted by Crippen LogP contribution is 2.43. The molecule has 0 saturated heterocycles. The summed E-state index contributed by atoms with van der Waals surface area (Å²) in [6.45, 7) is 0. The Labute approximate surface area is 136 Å². The summed E-state index contributed by atoms with van der Waals surface area (Å²) < 4.78 is 5.10. The van der Waals surface area contributed by atoms with Gasteiger partial charge in [-0.05, 0) is 42.0 Å². The average molecular weight is 328 g/mol. The number of para-hydroxylation sites is 1. The number of anilines is 1. The molecule has 116 valence electrons. The first-order valence-corrected chi connectivity index (χ1v) is 7.53. The second-order valence-electron chi connectivity index (χ2n) is 4.72. The summed E-state index contributed by atoms with van der Waals surface area (Å²) in [5.41, 5.74) is 0.691. The summed E-state index contributed by atoms with van der Waals surface area (Å²) >= 11 is 1.20. The lowest BCUT2D eigenvalue weighted by Crippen LogP contribution is -2.19. The van der Waals surface area contributed by atoms with E-state index in [4.69, 9.17) is 4.74 Å². The number of benzene rings is 2. The van der Waals surface area contributed by atoms with Gasteiger partial charge in [0, 0.05) is 4.90 Å². The molecule has 0 aliphatic carbocycles. The molecule has 1 heterocycles. The van der Waals surface area contributed by atoms with Crippen LogP contribution in [-0.4, -0.2) is 17.9 Å². The number of nitro groups is 1. The summed E-state index contributed by atoms with van der Waals surface area (Å²) in [5.74, 6) is -0.0845. The molecule has 0 aromatic heterocycles. The van der Waals surface area contributed by atoms with Crippen molar-refractivity contribution in [2.45, 2.75) is 4.90 Å². The van der Waals surface area contributed by atoms with Crippen LogP contribution in [0.2, 0.25) is 0 Å². The molecule has 0 fully saturated rings. The summed E-state index contributed by atoms with van der Waals surface area (Å²) in [6, 6.07) is 13.9. The zero-order valence-corrected chi connectivity index (χ0v) is 12.9. The number of carbonyl (C=O) groups excluding carboxylic acids is 1. The van der Waals surface area contributed by atoms with Crippen LogP contribution in [0.25, 0.3) is 4.91 Å². The minimum atomic E-state index is -0.724. The fourth-order valence-electron chi connectivity index (χ4n) is 2.21. The van der Waals surface area contributed by atoms with E-state index in [2.05, 4.69) is 5.32 Å². The SMILES string of the molecule is COc1ccc(C2=C([N+](=O)[O-])C(=O)Nc3ccccc3S2)cc1. The molecular formula is C16H12N2O4S. The molecule has 0 radical (unpaired) electrons. The van der Waals surface area contributed by atoms with E-state index in [0.29, 0.717) is 21.9 Å². The van der Waals surface area contributed by atoms with Gasteiger partial charge in [-0.15, -0.1) is 0 Å². The number of carbonyl (C=O) groups is 1. The highest BCUT2D eigenvalue weighted by molar-refractivity contribution is 8.08. The number of nitrogens with one attached hydrogen (secondary N) is 1. The van der Waals surface area contributed by atoms with Crippen molar-refractivity contribution in [3.05, 3.63) is 69.9 Å². The smallest absolute Gasteiger partial charge is 0.348 e. The first-order valence-electron chi connectivity index (χ1n) is 6.71. The van der Waals surface area contributed by atoms with Gasteiger partial charge >= 0.3 is 11.6 Å². The van der Waals surface area contributed by atoms with E-state index in [-0.39, 0.29) is 0 Å². The number of amides is 1. The molecule has 1 aliphatic heterocycles. The van der Waals surface area contributed by atoms with Crippen LogP contribution in [0.15, 0.2) is 59.1 Å². The van der Waals surface area contributed by atoms with Gasteiger partial charge in [-0.25, -0.2) is 0 Å². The number of hydrogen-bond acceptors (Lipinski definition) is 5. The van der Waals surface area contributed by atoms with Crippen molar-refractivity contribution in [1.29, 1.82) is 0 Å². The maximum absolute atomic E-state index is 12.3. The van der Waals surface area contributed by atoms with Crippen molar-refractivity contribution < 1.29 is 14.5 Å². The molecule has 2 aromatic carbocycles. The summed E-state index contributed by atoms with van der Waals surface area (Å²) in [5, 5.41) is 14.0. The van der Waals surface area contributed by atoms with Gasteiger partial charge in [0.25, 0.3) is 0 Å². The number of hydrogen-bond donors (Lipinski definition) is 1. The minimum Gasteiger partial charge on any atom is -0.497 e. The van der Waals surface area contributed by atoms with E-state index in [9.17, 15) is 14.9 Å². The first-order chi connectivity index (χ1) is 11.1. The van der Waals surface area contributed by atoms with Gasteiger partial charge in [-0.3, -0.25) is 14.9 Å². The Morgan fingerprint density at radius 1 is 1.13 bits per heavy atom. The number of nitrogens with zero attached hydrogens (tertiary/aromatic N) is 1. The third-order valence-electron chi connectivity index (χ3n) is 3.31. The zero-order valence-electron chi connectivity index (χ0n) is 12.1. The lowest BCUT2D eigenvalue weighted by Gasteiger charge is -2.07. The molecule has 0 bridgehead atoms. The Kier molecular flexibility index (Phi) is 4.03. The molecule has 2 aromatic rings. The fourth-order valence-corrected chi connectivity index (χ4v) is 3.32. The Balaban J connectivity index is 2.16. The predicted octanol–water partition coefficient (Wildman–Crippen LogP) is 3.38. The number of rotatable bonds is 3. The van der Waals surface area contributed by atoms with E-state index in [1.165, 1.54) is 11.8 Å². The summed E-state index contributed by atoms with van der Waals surface area (Å²) in [4.78, 5) is 24.1. The summed E-state index contributed by atoms with van der Waals surface area (Å²) in [6.07, 6.45) is 0. The molecule has 3 rings (SSSR count). The van der Waals surface area contributed by atoms with Crippen LogP contribution < -0.4 is 10.1 Å². The lowest BCUT2D eigenvalue weighted by molar-refractivity contribution is -0.417. The molecule has 1 aliphatic rings. The third kappa shape index (κ3) is 2.91. The van der Waals surface area contributed by atoms with Crippen LogP contribution in [0.1, 0.15) is 5.56 Å². The molecule has 0 unspecified atom stereocenters. The average Bonchev–Trinajstić information content (AvgIpc) is 2.70. The van der Waals surface area contributed by atoms with E-state index in [1.807, 2.05) is 12.1 Å². The minimum absolute atomic E-state index is 0.306. The first kappa shape index (κ1) is 15.1. The highest BCUT2D eigenvalue weighted by atomic mass is 32.2. The van der Waals surface area contributed by atoms with Gasteiger partial charge < -0.3 is 10.1 Å². The number of methoxy groups -OCH3 is 1. The molecule has 1 N–H and O–H groups in total. The van der Waals surface area contributed by atoms with Gasteiger partial charge in [0.15, 0.2) is 0 Å². The van der Waals surface area contributed by atoms with Crippen LogP contribution in [0.4, 0.5) is 5.69 Å². The molecule has 0 saturated carbocycles. The quantitative estimate of drug-likeness (QED) is 0.690. The monoisotopic (exact) mass is 328 g/mol. The van der Waals surface area contributed by atoms with Crippen LogP contribution in [-0.2, 0) is 4.79 Å². The van der Waals surface area contributed by atoms with Gasteiger partial charge in [-0.2, -0.15) is 0 Å². The van der Waals surface area contributed by atoms with Crippen molar-refractivity contribution in [3.8, 4) is 5.75 Å². The third-order valence-corrected chi connectivity index (χ3v) is 4.52. The Bertz CT molecular complexity index is 815.